The summed E-state index contributed by atoms with van der Waals surface area (Å²) in [6, 6.07) is 9.66. The Kier molecular flexibility index (Phi) is 5.26. The summed E-state index contributed by atoms with van der Waals surface area (Å²) in [4.78, 5) is 40.9. The maximum absolute atomic E-state index is 13.4. The fourth-order valence-electron chi connectivity index (χ4n) is 2.94. The summed E-state index contributed by atoms with van der Waals surface area (Å²) in [7, 11) is 0. The van der Waals surface area contributed by atoms with Crippen molar-refractivity contribution >= 4 is 39.1 Å². The summed E-state index contributed by atoms with van der Waals surface area (Å²) in [5.74, 6) is -3.44. The normalized spacial score (nSPS) is 10.9. The van der Waals surface area contributed by atoms with Crippen molar-refractivity contribution in [1.29, 1.82) is 0 Å². The molecule has 156 valence electrons. The monoisotopic (exact) mass is 441 g/mol. The quantitative estimate of drug-likeness (QED) is 0.493. The molecule has 11 heteroatoms. The highest BCUT2D eigenvalue weighted by Gasteiger charge is 2.17. The minimum absolute atomic E-state index is 0.127. The van der Waals surface area contributed by atoms with Crippen LogP contribution in [0.5, 0.6) is 0 Å². The van der Waals surface area contributed by atoms with Gasteiger partial charge >= 0.3 is 0 Å². The summed E-state index contributed by atoms with van der Waals surface area (Å²) in [5, 5.41) is 8.70. The van der Waals surface area contributed by atoms with Gasteiger partial charge in [0, 0.05) is 16.3 Å². The number of nitrogens with one attached hydrogen (secondary N) is 1. The summed E-state index contributed by atoms with van der Waals surface area (Å²) in [5.41, 5.74) is 5.36. The molecule has 0 aliphatic carbocycles. The van der Waals surface area contributed by atoms with E-state index in [2.05, 4.69) is 15.4 Å². The van der Waals surface area contributed by atoms with Crippen LogP contribution in [0.15, 0.2) is 52.6 Å². The second-order valence-corrected chi connectivity index (χ2v) is 7.29. The van der Waals surface area contributed by atoms with E-state index >= 15 is 0 Å². The van der Waals surface area contributed by atoms with Crippen LogP contribution >= 0.6 is 11.3 Å². The molecule has 31 heavy (non-hydrogen) atoms. The van der Waals surface area contributed by atoms with E-state index in [-0.39, 0.29) is 16.2 Å². The largest absolute Gasteiger partial charge is 0.364 e. The van der Waals surface area contributed by atoms with Gasteiger partial charge < -0.3 is 11.1 Å². The third-order valence-electron chi connectivity index (χ3n) is 4.36. The first-order valence-corrected chi connectivity index (χ1v) is 9.72. The molecular weight excluding hydrogens is 428 g/mol. The van der Waals surface area contributed by atoms with Crippen LogP contribution in [0.3, 0.4) is 0 Å². The van der Waals surface area contributed by atoms with Crippen molar-refractivity contribution < 1.29 is 18.4 Å². The number of thiazole rings is 1. The highest BCUT2D eigenvalue weighted by molar-refractivity contribution is 7.14. The van der Waals surface area contributed by atoms with Gasteiger partial charge in [-0.2, -0.15) is 5.10 Å². The zero-order valence-electron chi connectivity index (χ0n) is 15.6. The summed E-state index contributed by atoms with van der Waals surface area (Å²) >= 11 is 1.07. The molecule has 0 atom stereocenters. The number of primary amides is 1. The van der Waals surface area contributed by atoms with Gasteiger partial charge in [0.1, 0.15) is 6.54 Å². The first-order chi connectivity index (χ1) is 14.8. The van der Waals surface area contributed by atoms with Crippen LogP contribution in [0.2, 0.25) is 0 Å². The molecule has 2 aromatic carbocycles. The average molecular weight is 441 g/mol. The SMILES string of the molecule is NC(=O)c1nn(CC(=O)Nc2nc(-c3ccc(F)c(F)c3)cs2)c(=O)c2ccccc12. The van der Waals surface area contributed by atoms with Crippen molar-refractivity contribution in [1.82, 2.24) is 14.8 Å². The van der Waals surface area contributed by atoms with Gasteiger partial charge in [-0.25, -0.2) is 18.4 Å². The highest BCUT2D eigenvalue weighted by atomic mass is 32.1. The van der Waals surface area contributed by atoms with Gasteiger partial charge in [-0.3, -0.25) is 14.4 Å². The van der Waals surface area contributed by atoms with Crippen LogP contribution in [0.25, 0.3) is 22.0 Å². The van der Waals surface area contributed by atoms with Crippen LogP contribution in [0.1, 0.15) is 10.5 Å². The van der Waals surface area contributed by atoms with Gasteiger partial charge in [-0.15, -0.1) is 11.3 Å². The molecule has 0 spiro atoms. The molecule has 4 aromatic rings. The molecule has 0 aliphatic rings. The fourth-order valence-corrected chi connectivity index (χ4v) is 3.67. The number of benzene rings is 2. The molecule has 2 amide bonds. The lowest BCUT2D eigenvalue weighted by molar-refractivity contribution is -0.117. The summed E-state index contributed by atoms with van der Waals surface area (Å²) in [6.45, 7) is -0.482. The van der Waals surface area contributed by atoms with E-state index in [9.17, 15) is 23.2 Å². The zero-order chi connectivity index (χ0) is 22.1. The number of fused-ring (bicyclic) bond motifs is 1. The topological polar surface area (TPSA) is 120 Å². The van der Waals surface area contributed by atoms with Gasteiger partial charge in [0.2, 0.25) is 5.91 Å². The lowest BCUT2D eigenvalue weighted by atomic mass is 10.1. The molecule has 2 heterocycles. The number of halogens is 2. The number of nitrogens with two attached hydrogens (primary N) is 1. The third-order valence-corrected chi connectivity index (χ3v) is 5.12. The molecular formula is C20H13F2N5O3S. The Morgan fingerprint density at radius 1 is 1.10 bits per heavy atom. The summed E-state index contributed by atoms with van der Waals surface area (Å²) < 4.78 is 27.4. The van der Waals surface area contributed by atoms with E-state index in [1.807, 2.05) is 0 Å². The fraction of sp³-hybridized carbons (Fsp3) is 0.0500. The predicted octanol–water partition coefficient (Wildman–Crippen LogP) is 2.54. The minimum atomic E-state index is -1.01. The molecule has 0 unspecified atom stereocenters. The number of rotatable bonds is 5. The van der Waals surface area contributed by atoms with E-state index in [0.717, 1.165) is 28.2 Å². The van der Waals surface area contributed by atoms with Crippen molar-refractivity contribution in [2.24, 2.45) is 5.73 Å². The van der Waals surface area contributed by atoms with Crippen LogP contribution in [0.4, 0.5) is 13.9 Å². The Morgan fingerprint density at radius 3 is 2.55 bits per heavy atom. The number of carbonyl (C=O) groups is 2. The molecule has 0 aliphatic heterocycles. The Hall–Kier alpha value is -3.99. The highest BCUT2D eigenvalue weighted by Crippen LogP contribution is 2.26. The van der Waals surface area contributed by atoms with Crippen molar-refractivity contribution in [2.45, 2.75) is 6.54 Å². The Morgan fingerprint density at radius 2 is 1.84 bits per heavy atom. The van der Waals surface area contributed by atoms with Gasteiger partial charge in [0.05, 0.1) is 11.1 Å². The Bertz CT molecular complexity index is 1400. The number of hydrogen-bond donors (Lipinski definition) is 2. The molecule has 4 rings (SSSR count). The molecule has 8 nitrogen and oxygen atoms in total. The van der Waals surface area contributed by atoms with E-state index in [4.69, 9.17) is 5.73 Å². The minimum Gasteiger partial charge on any atom is -0.364 e. The van der Waals surface area contributed by atoms with Gasteiger partial charge in [0.25, 0.3) is 11.5 Å². The van der Waals surface area contributed by atoms with Gasteiger partial charge in [-0.05, 0) is 24.3 Å². The molecule has 0 radical (unpaired) electrons. The Balaban J connectivity index is 1.57. The number of amides is 2. The first kappa shape index (κ1) is 20.3. The van der Waals surface area contributed by atoms with Crippen LogP contribution in [0, 0.1) is 11.6 Å². The molecule has 0 saturated heterocycles. The van der Waals surface area contributed by atoms with Crippen LogP contribution < -0.4 is 16.6 Å². The molecule has 0 saturated carbocycles. The average Bonchev–Trinajstić information content (AvgIpc) is 3.20. The van der Waals surface area contributed by atoms with Crippen LogP contribution in [-0.2, 0) is 11.3 Å². The molecule has 2 aromatic heterocycles. The van der Waals surface area contributed by atoms with Gasteiger partial charge in [-0.1, -0.05) is 18.2 Å². The van der Waals surface area contributed by atoms with Gasteiger partial charge in [0.15, 0.2) is 22.5 Å². The second-order valence-electron chi connectivity index (χ2n) is 6.44. The zero-order valence-corrected chi connectivity index (χ0v) is 16.5. The number of carbonyl (C=O) groups excluding carboxylic acids is 2. The lowest BCUT2D eigenvalue weighted by Crippen LogP contribution is -2.32. The van der Waals surface area contributed by atoms with Crippen LogP contribution in [-0.4, -0.2) is 26.6 Å². The van der Waals surface area contributed by atoms with Crippen molar-refractivity contribution in [3.05, 3.63) is 75.5 Å². The second kappa shape index (κ2) is 8.03. The Labute approximate surface area is 177 Å². The standard InChI is InChI=1S/C20H13F2N5O3S/c21-13-6-5-10(7-14(13)22)15-9-31-20(24-15)25-16(28)8-27-19(30)12-4-2-1-3-11(12)17(26-27)18(23)29/h1-7,9H,8H2,(H2,23,29)(H,24,25,28). The van der Waals surface area contributed by atoms with E-state index in [1.54, 1.807) is 23.6 Å². The number of anilines is 1. The van der Waals surface area contributed by atoms with E-state index in [0.29, 0.717) is 16.6 Å². The smallest absolute Gasteiger partial charge is 0.275 e. The number of aromatic nitrogens is 3. The summed E-state index contributed by atoms with van der Waals surface area (Å²) in [6.07, 6.45) is 0. The molecule has 3 N–H and O–H groups in total. The lowest BCUT2D eigenvalue weighted by Gasteiger charge is -2.09. The van der Waals surface area contributed by atoms with E-state index < -0.39 is 35.6 Å². The third kappa shape index (κ3) is 4.03. The number of nitrogens with zero attached hydrogens (tertiary/aromatic N) is 3. The first-order valence-electron chi connectivity index (χ1n) is 8.84. The van der Waals surface area contributed by atoms with Crippen molar-refractivity contribution in [2.75, 3.05) is 5.32 Å². The molecule has 0 fully saturated rings. The predicted molar refractivity (Wildman–Crippen MR) is 111 cm³/mol. The molecule has 0 bridgehead atoms. The van der Waals surface area contributed by atoms with E-state index in [1.165, 1.54) is 12.1 Å². The maximum atomic E-state index is 13.4. The maximum Gasteiger partial charge on any atom is 0.275 e. The number of hydrogen-bond acceptors (Lipinski definition) is 6. The van der Waals surface area contributed by atoms with Crippen molar-refractivity contribution in [3.8, 4) is 11.3 Å². The van der Waals surface area contributed by atoms with Crippen molar-refractivity contribution in [3.63, 3.8) is 0 Å².